The molecule has 4 nitrogen and oxygen atoms in total. The quantitative estimate of drug-likeness (QED) is 0.845. The van der Waals surface area contributed by atoms with Gasteiger partial charge in [-0.2, -0.15) is 0 Å². The summed E-state index contributed by atoms with van der Waals surface area (Å²) in [5.74, 6) is 2.68. The van der Waals surface area contributed by atoms with Gasteiger partial charge >= 0.3 is 0 Å². The van der Waals surface area contributed by atoms with E-state index in [-0.39, 0.29) is 0 Å². The highest BCUT2D eigenvalue weighted by atomic mass is 32.2. The molecule has 0 radical (unpaired) electrons. The van der Waals surface area contributed by atoms with Gasteiger partial charge in [-0.3, -0.25) is 4.90 Å². The molecule has 1 aliphatic carbocycles. The molecule has 0 aromatic carbocycles. The van der Waals surface area contributed by atoms with Crippen LogP contribution in [0.1, 0.15) is 33.1 Å². The molecule has 2 saturated heterocycles. The van der Waals surface area contributed by atoms with Crippen LogP contribution in [0.25, 0.3) is 0 Å². The van der Waals surface area contributed by atoms with Crippen LogP contribution in [0.15, 0.2) is 0 Å². The first-order valence-corrected chi connectivity index (χ1v) is 9.94. The van der Waals surface area contributed by atoms with E-state index in [2.05, 4.69) is 24.1 Å². The van der Waals surface area contributed by atoms with Crippen LogP contribution < -0.4 is 5.32 Å². The van der Waals surface area contributed by atoms with Gasteiger partial charge in [0.25, 0.3) is 0 Å². The molecule has 0 amide bonds. The molecule has 0 spiro atoms. The van der Waals surface area contributed by atoms with Crippen molar-refractivity contribution < 1.29 is 8.42 Å². The molecule has 3 aliphatic rings. The zero-order valence-electron chi connectivity index (χ0n) is 12.7. The third-order valence-electron chi connectivity index (χ3n) is 5.27. The molecular weight excluding hydrogens is 272 g/mol. The Morgan fingerprint density at radius 2 is 2.00 bits per heavy atom. The average molecular weight is 300 g/mol. The fraction of sp³-hybridized carbons (Fsp3) is 1.00. The first kappa shape index (κ1) is 14.8. The van der Waals surface area contributed by atoms with Gasteiger partial charge in [0.1, 0.15) is 0 Å². The maximum Gasteiger partial charge on any atom is 0.150 e. The van der Waals surface area contributed by atoms with E-state index in [0.717, 1.165) is 32.0 Å². The molecule has 1 N–H and O–H groups in total. The molecule has 3 atom stereocenters. The van der Waals surface area contributed by atoms with Gasteiger partial charge < -0.3 is 5.32 Å². The maximum absolute atomic E-state index is 11.6. The van der Waals surface area contributed by atoms with Crippen molar-refractivity contribution >= 4 is 9.84 Å². The normalized spacial score (nSPS) is 38.5. The van der Waals surface area contributed by atoms with Crippen LogP contribution in [-0.4, -0.2) is 56.5 Å². The van der Waals surface area contributed by atoms with Crippen LogP contribution >= 0.6 is 0 Å². The van der Waals surface area contributed by atoms with Crippen LogP contribution in [0.3, 0.4) is 0 Å². The van der Waals surface area contributed by atoms with Crippen LogP contribution in [-0.2, 0) is 9.84 Å². The van der Waals surface area contributed by atoms with Crippen LogP contribution in [0.4, 0.5) is 0 Å². The highest BCUT2D eigenvalue weighted by molar-refractivity contribution is 7.91. The van der Waals surface area contributed by atoms with Crippen molar-refractivity contribution in [1.29, 1.82) is 0 Å². The Hall–Kier alpha value is -0.130. The van der Waals surface area contributed by atoms with Crippen LogP contribution in [0.2, 0.25) is 0 Å². The van der Waals surface area contributed by atoms with Crippen molar-refractivity contribution in [3.8, 4) is 0 Å². The molecule has 1 saturated carbocycles. The minimum absolute atomic E-state index is 0.360. The van der Waals surface area contributed by atoms with E-state index in [0.29, 0.717) is 35.4 Å². The van der Waals surface area contributed by atoms with E-state index in [1.807, 2.05) is 0 Å². The standard InChI is InChI=1S/C15H28N2O2S/c1-11(2)15-7-16-14(13-3-4-13)9-17(15)8-12-5-6-20(18,19)10-12/h11-16H,3-10H2,1-2H3. The fourth-order valence-electron chi connectivity index (χ4n) is 3.88. The molecule has 0 bridgehead atoms. The minimum atomic E-state index is -2.74. The molecule has 3 rings (SSSR count). The van der Waals surface area contributed by atoms with Crippen molar-refractivity contribution in [1.82, 2.24) is 10.2 Å². The van der Waals surface area contributed by atoms with Gasteiger partial charge in [0, 0.05) is 31.7 Å². The van der Waals surface area contributed by atoms with E-state index in [1.54, 1.807) is 0 Å². The largest absolute Gasteiger partial charge is 0.311 e. The molecule has 0 aromatic heterocycles. The number of hydrogen-bond acceptors (Lipinski definition) is 4. The highest BCUT2D eigenvalue weighted by Gasteiger charge is 2.39. The summed E-state index contributed by atoms with van der Waals surface area (Å²) in [6, 6.07) is 1.20. The Balaban J connectivity index is 1.63. The van der Waals surface area contributed by atoms with E-state index in [9.17, 15) is 8.42 Å². The zero-order chi connectivity index (χ0) is 14.3. The second kappa shape index (κ2) is 5.58. The monoisotopic (exact) mass is 300 g/mol. The number of nitrogens with zero attached hydrogens (tertiary/aromatic N) is 1. The summed E-state index contributed by atoms with van der Waals surface area (Å²) in [4.78, 5) is 2.59. The lowest BCUT2D eigenvalue weighted by atomic mass is 9.95. The number of nitrogens with one attached hydrogen (secondary N) is 1. The predicted octanol–water partition coefficient (Wildman–Crippen LogP) is 1.13. The van der Waals surface area contributed by atoms with Gasteiger partial charge in [0.15, 0.2) is 9.84 Å². The smallest absolute Gasteiger partial charge is 0.150 e. The SMILES string of the molecule is CC(C)C1CNC(C2CC2)CN1CC1CCS(=O)(=O)C1. The third-order valence-corrected chi connectivity index (χ3v) is 7.11. The first-order chi connectivity index (χ1) is 9.44. The van der Waals surface area contributed by atoms with Crippen LogP contribution in [0, 0.1) is 17.8 Å². The minimum Gasteiger partial charge on any atom is -0.311 e. The number of sulfone groups is 1. The molecule has 0 aromatic rings. The molecule has 3 unspecified atom stereocenters. The van der Waals surface area contributed by atoms with Crippen molar-refractivity contribution in [3.63, 3.8) is 0 Å². The molecule has 3 fully saturated rings. The molecule has 5 heteroatoms. The Morgan fingerprint density at radius 1 is 1.25 bits per heavy atom. The summed E-state index contributed by atoms with van der Waals surface area (Å²) in [7, 11) is -2.74. The van der Waals surface area contributed by atoms with Crippen molar-refractivity contribution in [2.75, 3.05) is 31.1 Å². The van der Waals surface area contributed by atoms with E-state index in [4.69, 9.17) is 0 Å². The topological polar surface area (TPSA) is 49.4 Å². The number of hydrogen-bond donors (Lipinski definition) is 1. The van der Waals surface area contributed by atoms with E-state index in [1.165, 1.54) is 12.8 Å². The lowest BCUT2D eigenvalue weighted by Gasteiger charge is -2.43. The summed E-state index contributed by atoms with van der Waals surface area (Å²) in [6.07, 6.45) is 3.61. The summed E-state index contributed by atoms with van der Waals surface area (Å²) < 4.78 is 23.3. The molecular formula is C15H28N2O2S. The highest BCUT2D eigenvalue weighted by Crippen LogP contribution is 2.35. The number of rotatable bonds is 4. The Labute approximate surface area is 123 Å². The molecule has 116 valence electrons. The van der Waals surface area contributed by atoms with Crippen molar-refractivity contribution in [3.05, 3.63) is 0 Å². The third kappa shape index (κ3) is 3.37. The van der Waals surface area contributed by atoms with Gasteiger partial charge in [0.05, 0.1) is 11.5 Å². The zero-order valence-corrected chi connectivity index (χ0v) is 13.5. The molecule has 20 heavy (non-hydrogen) atoms. The van der Waals surface area contributed by atoms with Crippen LogP contribution in [0.5, 0.6) is 0 Å². The Bertz CT molecular complexity index is 445. The summed E-state index contributed by atoms with van der Waals surface area (Å²) in [5, 5.41) is 3.72. The maximum atomic E-state index is 11.6. The Kier molecular flexibility index (Phi) is 4.13. The lowest BCUT2D eigenvalue weighted by Crippen LogP contribution is -2.59. The average Bonchev–Trinajstić information content (AvgIpc) is 3.15. The molecule has 2 heterocycles. The van der Waals surface area contributed by atoms with E-state index >= 15 is 0 Å². The van der Waals surface area contributed by atoms with Gasteiger partial charge in [-0.05, 0) is 37.0 Å². The van der Waals surface area contributed by atoms with Gasteiger partial charge in [0.2, 0.25) is 0 Å². The summed E-state index contributed by atoms with van der Waals surface area (Å²) >= 11 is 0. The van der Waals surface area contributed by atoms with E-state index < -0.39 is 9.84 Å². The second-order valence-corrected chi connectivity index (χ2v) is 9.62. The first-order valence-electron chi connectivity index (χ1n) is 8.12. The summed E-state index contributed by atoms with van der Waals surface area (Å²) in [5.41, 5.74) is 0. The number of piperazine rings is 1. The summed E-state index contributed by atoms with van der Waals surface area (Å²) in [6.45, 7) is 7.72. The fourth-order valence-corrected chi connectivity index (χ4v) is 5.73. The van der Waals surface area contributed by atoms with Crippen molar-refractivity contribution in [2.45, 2.75) is 45.2 Å². The van der Waals surface area contributed by atoms with Gasteiger partial charge in [-0.1, -0.05) is 13.8 Å². The lowest BCUT2D eigenvalue weighted by molar-refractivity contribution is 0.0794. The second-order valence-electron chi connectivity index (χ2n) is 7.39. The van der Waals surface area contributed by atoms with Gasteiger partial charge in [-0.25, -0.2) is 8.42 Å². The predicted molar refractivity (Wildman–Crippen MR) is 81.5 cm³/mol. The molecule has 2 aliphatic heterocycles. The van der Waals surface area contributed by atoms with Crippen molar-refractivity contribution in [2.24, 2.45) is 17.8 Å². The van der Waals surface area contributed by atoms with Gasteiger partial charge in [-0.15, -0.1) is 0 Å². The Morgan fingerprint density at radius 3 is 2.55 bits per heavy atom.